The molecular formula is C16H15F3N2O4S. The van der Waals surface area contributed by atoms with E-state index in [-0.39, 0.29) is 22.4 Å². The highest BCUT2D eigenvalue weighted by Crippen LogP contribution is 2.31. The zero-order chi connectivity index (χ0) is 19.3. The summed E-state index contributed by atoms with van der Waals surface area (Å²) in [5, 5.41) is 2.60. The summed E-state index contributed by atoms with van der Waals surface area (Å²) in [6, 6.07) is 4.21. The molecule has 2 aromatic rings. The second-order valence-electron chi connectivity index (χ2n) is 5.02. The first-order chi connectivity index (χ1) is 12.2. The van der Waals surface area contributed by atoms with E-state index in [0.717, 1.165) is 23.5 Å². The lowest BCUT2D eigenvalue weighted by Gasteiger charge is -2.09. The lowest BCUT2D eigenvalue weighted by Crippen LogP contribution is -2.20. The summed E-state index contributed by atoms with van der Waals surface area (Å²) in [6.45, 7) is 2.97. The molecule has 0 atom stereocenters. The predicted octanol–water partition coefficient (Wildman–Crippen LogP) is 3.66. The zero-order valence-electron chi connectivity index (χ0n) is 13.8. The van der Waals surface area contributed by atoms with Crippen LogP contribution in [0, 0.1) is 6.92 Å². The zero-order valence-corrected chi connectivity index (χ0v) is 14.7. The highest BCUT2D eigenvalue weighted by Gasteiger charge is 2.30. The molecule has 0 radical (unpaired) electrons. The summed E-state index contributed by atoms with van der Waals surface area (Å²) < 4.78 is 47.9. The van der Waals surface area contributed by atoms with E-state index in [9.17, 15) is 22.8 Å². The van der Waals surface area contributed by atoms with Gasteiger partial charge < -0.3 is 9.47 Å². The Kier molecular flexibility index (Phi) is 6.19. The van der Waals surface area contributed by atoms with Crippen molar-refractivity contribution in [1.82, 2.24) is 4.98 Å². The van der Waals surface area contributed by atoms with Crippen LogP contribution in [0.15, 0.2) is 24.3 Å². The van der Waals surface area contributed by atoms with Gasteiger partial charge in [0.1, 0.15) is 10.6 Å². The Hall–Kier alpha value is -2.62. The van der Waals surface area contributed by atoms with Crippen LogP contribution in [0.25, 0.3) is 0 Å². The minimum atomic E-state index is -4.50. The van der Waals surface area contributed by atoms with Gasteiger partial charge in [-0.05, 0) is 32.0 Å². The van der Waals surface area contributed by atoms with Crippen molar-refractivity contribution in [3.8, 4) is 5.75 Å². The first kappa shape index (κ1) is 19.7. The van der Waals surface area contributed by atoms with Crippen molar-refractivity contribution >= 4 is 28.3 Å². The highest BCUT2D eigenvalue weighted by atomic mass is 32.1. The molecule has 1 heterocycles. The average molecular weight is 388 g/mol. The third kappa shape index (κ3) is 5.19. The molecule has 0 fully saturated rings. The number of rotatable bonds is 6. The molecule has 0 bridgehead atoms. The van der Waals surface area contributed by atoms with Crippen LogP contribution in [0.1, 0.15) is 27.9 Å². The fourth-order valence-electron chi connectivity index (χ4n) is 1.90. The molecule has 2 rings (SSSR count). The minimum absolute atomic E-state index is 0.0856. The number of nitrogens with one attached hydrogen (secondary N) is 1. The normalized spacial score (nSPS) is 11.1. The van der Waals surface area contributed by atoms with Gasteiger partial charge in [0.2, 0.25) is 0 Å². The molecule has 0 aliphatic carbocycles. The smallest absolute Gasteiger partial charge is 0.416 e. The Morgan fingerprint density at radius 1 is 1.31 bits per heavy atom. The van der Waals surface area contributed by atoms with Crippen LogP contribution in [-0.4, -0.2) is 30.1 Å². The number of amides is 1. The monoisotopic (exact) mass is 388 g/mol. The summed E-state index contributed by atoms with van der Waals surface area (Å²) in [6.07, 6.45) is -4.50. The first-order valence-corrected chi connectivity index (χ1v) is 8.26. The summed E-state index contributed by atoms with van der Waals surface area (Å²) in [7, 11) is 0. The second-order valence-corrected chi connectivity index (χ2v) is 6.02. The van der Waals surface area contributed by atoms with Crippen molar-refractivity contribution in [2.45, 2.75) is 20.0 Å². The number of ether oxygens (including phenoxy) is 2. The number of aryl methyl sites for hydroxylation is 1. The molecule has 1 amide bonds. The lowest BCUT2D eigenvalue weighted by molar-refractivity contribution is -0.137. The van der Waals surface area contributed by atoms with Gasteiger partial charge in [0.05, 0.1) is 17.9 Å². The van der Waals surface area contributed by atoms with E-state index in [0.29, 0.717) is 5.69 Å². The number of anilines is 1. The number of halogens is 3. The summed E-state index contributed by atoms with van der Waals surface area (Å²) in [5.41, 5.74) is -0.465. The number of hydrogen-bond donors (Lipinski definition) is 1. The highest BCUT2D eigenvalue weighted by molar-refractivity contribution is 7.17. The van der Waals surface area contributed by atoms with E-state index in [1.165, 1.54) is 12.1 Å². The number of thiazole rings is 1. The van der Waals surface area contributed by atoms with Gasteiger partial charge in [-0.1, -0.05) is 17.4 Å². The number of carbonyl (C=O) groups is 2. The maximum Gasteiger partial charge on any atom is 0.416 e. The van der Waals surface area contributed by atoms with E-state index in [1.54, 1.807) is 13.8 Å². The molecule has 1 N–H and O–H groups in total. The molecule has 6 nitrogen and oxygen atoms in total. The molecule has 0 aliphatic heterocycles. The molecule has 0 unspecified atom stereocenters. The van der Waals surface area contributed by atoms with Crippen LogP contribution < -0.4 is 10.1 Å². The van der Waals surface area contributed by atoms with Crippen molar-refractivity contribution in [2.75, 3.05) is 18.5 Å². The molecule has 0 aliphatic rings. The number of hydrogen-bond acceptors (Lipinski definition) is 6. The van der Waals surface area contributed by atoms with Crippen molar-refractivity contribution in [1.29, 1.82) is 0 Å². The molecule has 1 aromatic heterocycles. The molecule has 10 heteroatoms. The van der Waals surface area contributed by atoms with Gasteiger partial charge in [0.15, 0.2) is 11.7 Å². The Morgan fingerprint density at radius 2 is 2.04 bits per heavy atom. The quantitative estimate of drug-likeness (QED) is 0.764. The van der Waals surface area contributed by atoms with Crippen molar-refractivity contribution < 1.29 is 32.2 Å². The summed E-state index contributed by atoms with van der Waals surface area (Å²) in [5.74, 6) is -1.24. The molecular weight excluding hydrogens is 373 g/mol. The molecule has 0 spiro atoms. The molecule has 1 aromatic carbocycles. The lowest BCUT2D eigenvalue weighted by atomic mass is 10.2. The fourth-order valence-corrected chi connectivity index (χ4v) is 2.78. The van der Waals surface area contributed by atoms with E-state index in [1.807, 2.05) is 0 Å². The van der Waals surface area contributed by atoms with E-state index < -0.39 is 30.2 Å². The third-order valence-electron chi connectivity index (χ3n) is 3.04. The maximum absolute atomic E-state index is 12.6. The van der Waals surface area contributed by atoms with Crippen molar-refractivity contribution in [3.05, 3.63) is 40.4 Å². The van der Waals surface area contributed by atoms with Gasteiger partial charge in [-0.3, -0.25) is 10.1 Å². The number of nitrogens with zero attached hydrogens (tertiary/aromatic N) is 1. The number of esters is 1. The Morgan fingerprint density at radius 3 is 2.69 bits per heavy atom. The van der Waals surface area contributed by atoms with Crippen LogP contribution in [0.3, 0.4) is 0 Å². The van der Waals surface area contributed by atoms with E-state index >= 15 is 0 Å². The van der Waals surface area contributed by atoms with Crippen LogP contribution >= 0.6 is 11.3 Å². The third-order valence-corrected chi connectivity index (χ3v) is 4.09. The largest absolute Gasteiger partial charge is 0.484 e. The van der Waals surface area contributed by atoms with Crippen LogP contribution in [0.5, 0.6) is 5.75 Å². The van der Waals surface area contributed by atoms with Crippen LogP contribution in [0.4, 0.5) is 18.3 Å². The number of carbonyl (C=O) groups excluding carboxylic acids is 2. The standard InChI is InChI=1S/C16H15F3N2O4S/c1-3-24-14(23)13-9(2)20-15(26-13)21-12(22)8-25-11-6-4-5-10(7-11)16(17,18)19/h4-7H,3,8H2,1-2H3,(H,20,21,22). The van der Waals surface area contributed by atoms with Gasteiger partial charge in [-0.25, -0.2) is 9.78 Å². The summed E-state index contributed by atoms with van der Waals surface area (Å²) in [4.78, 5) is 27.9. The summed E-state index contributed by atoms with van der Waals surface area (Å²) >= 11 is 0.941. The van der Waals surface area contributed by atoms with E-state index in [2.05, 4.69) is 10.3 Å². The van der Waals surface area contributed by atoms with Crippen LogP contribution in [-0.2, 0) is 15.7 Å². The van der Waals surface area contributed by atoms with Gasteiger partial charge in [0, 0.05) is 0 Å². The Labute approximate surface area is 150 Å². The Bertz CT molecular complexity index is 805. The topological polar surface area (TPSA) is 77.5 Å². The van der Waals surface area contributed by atoms with Gasteiger partial charge >= 0.3 is 12.1 Å². The molecule has 140 valence electrons. The van der Waals surface area contributed by atoms with Gasteiger partial charge in [-0.2, -0.15) is 13.2 Å². The number of alkyl halides is 3. The predicted molar refractivity (Wildman–Crippen MR) is 88.4 cm³/mol. The average Bonchev–Trinajstić information content (AvgIpc) is 2.93. The Balaban J connectivity index is 1.96. The van der Waals surface area contributed by atoms with E-state index in [4.69, 9.17) is 9.47 Å². The minimum Gasteiger partial charge on any atom is -0.484 e. The number of aromatic nitrogens is 1. The second kappa shape index (κ2) is 8.17. The first-order valence-electron chi connectivity index (χ1n) is 7.45. The fraction of sp³-hybridized carbons (Fsp3) is 0.312. The maximum atomic E-state index is 12.6. The molecule has 0 saturated heterocycles. The molecule has 0 saturated carbocycles. The molecule has 26 heavy (non-hydrogen) atoms. The van der Waals surface area contributed by atoms with Crippen molar-refractivity contribution in [2.24, 2.45) is 0 Å². The van der Waals surface area contributed by atoms with Crippen LogP contribution in [0.2, 0.25) is 0 Å². The SMILES string of the molecule is CCOC(=O)c1sc(NC(=O)COc2cccc(C(F)(F)F)c2)nc1C. The number of benzene rings is 1. The van der Waals surface area contributed by atoms with Crippen molar-refractivity contribution in [3.63, 3.8) is 0 Å². The van der Waals surface area contributed by atoms with Gasteiger partial charge in [0.25, 0.3) is 5.91 Å². The van der Waals surface area contributed by atoms with Gasteiger partial charge in [-0.15, -0.1) is 0 Å².